The molecule has 0 unspecified atom stereocenters. The molecule has 0 radical (unpaired) electrons. The number of anilines is 1. The second-order valence-electron chi connectivity index (χ2n) is 4.84. The third kappa shape index (κ3) is 3.48. The zero-order valence-electron chi connectivity index (χ0n) is 12.3. The third-order valence-electron chi connectivity index (χ3n) is 3.21. The molecule has 0 fully saturated rings. The minimum Gasteiger partial charge on any atom is -0.465 e. The van der Waals surface area contributed by atoms with Crippen LogP contribution in [-0.4, -0.2) is 19.0 Å². The minimum atomic E-state index is -0.394. The number of amides is 1. The fourth-order valence-corrected chi connectivity index (χ4v) is 1.95. The van der Waals surface area contributed by atoms with E-state index in [4.69, 9.17) is 0 Å². The number of hydrogen-bond acceptors (Lipinski definition) is 3. The third-order valence-corrected chi connectivity index (χ3v) is 3.21. The Labute approximate surface area is 123 Å². The predicted octanol–water partition coefficient (Wildman–Crippen LogP) is 3.34. The Balaban J connectivity index is 2.18. The van der Waals surface area contributed by atoms with Crippen molar-refractivity contribution in [1.29, 1.82) is 0 Å². The first kappa shape index (κ1) is 14.8. The summed E-state index contributed by atoms with van der Waals surface area (Å²) in [5, 5.41) is 2.84. The number of aryl methyl sites for hydroxylation is 2. The van der Waals surface area contributed by atoms with Crippen molar-refractivity contribution in [2.24, 2.45) is 0 Å². The lowest BCUT2D eigenvalue weighted by molar-refractivity contribution is 0.0600. The molecule has 0 saturated carbocycles. The average molecular weight is 283 g/mol. The van der Waals surface area contributed by atoms with Crippen LogP contribution < -0.4 is 5.32 Å². The van der Waals surface area contributed by atoms with Gasteiger partial charge in [-0.25, -0.2) is 4.79 Å². The highest BCUT2D eigenvalue weighted by molar-refractivity contribution is 6.05. The lowest BCUT2D eigenvalue weighted by atomic mass is 10.1. The van der Waals surface area contributed by atoms with Crippen molar-refractivity contribution >= 4 is 17.6 Å². The standard InChI is InChI=1S/C17H17NO3/c1-11-4-6-13(7-5-11)16(19)18-15-9-8-14(10-12(15)2)17(20)21-3/h4-10H,1-3H3,(H,18,19). The molecule has 0 bridgehead atoms. The first-order chi connectivity index (χ1) is 10.0. The number of rotatable bonds is 3. The number of methoxy groups -OCH3 is 1. The summed E-state index contributed by atoms with van der Waals surface area (Å²) >= 11 is 0. The zero-order chi connectivity index (χ0) is 15.4. The van der Waals surface area contributed by atoms with Gasteiger partial charge in [0.25, 0.3) is 5.91 Å². The molecule has 108 valence electrons. The van der Waals surface area contributed by atoms with Crippen LogP contribution in [0.1, 0.15) is 31.8 Å². The molecule has 4 nitrogen and oxygen atoms in total. The van der Waals surface area contributed by atoms with Gasteiger partial charge in [0.2, 0.25) is 0 Å². The molecule has 2 aromatic carbocycles. The van der Waals surface area contributed by atoms with Crippen LogP contribution in [0.25, 0.3) is 0 Å². The molecule has 0 aliphatic heterocycles. The number of carbonyl (C=O) groups excluding carboxylic acids is 2. The van der Waals surface area contributed by atoms with Crippen molar-refractivity contribution in [3.8, 4) is 0 Å². The molecule has 0 heterocycles. The molecule has 1 N–H and O–H groups in total. The Morgan fingerprint density at radius 2 is 1.57 bits per heavy atom. The predicted molar refractivity (Wildman–Crippen MR) is 81.7 cm³/mol. The summed E-state index contributed by atoms with van der Waals surface area (Å²) < 4.78 is 4.67. The summed E-state index contributed by atoms with van der Waals surface area (Å²) in [6, 6.07) is 12.4. The maximum absolute atomic E-state index is 12.1. The fraction of sp³-hybridized carbons (Fsp3) is 0.176. The topological polar surface area (TPSA) is 55.4 Å². The molecule has 21 heavy (non-hydrogen) atoms. The second-order valence-corrected chi connectivity index (χ2v) is 4.84. The monoisotopic (exact) mass is 283 g/mol. The second kappa shape index (κ2) is 6.22. The van der Waals surface area contributed by atoms with Crippen LogP contribution in [0.15, 0.2) is 42.5 Å². The van der Waals surface area contributed by atoms with Gasteiger partial charge in [0, 0.05) is 11.3 Å². The average Bonchev–Trinajstić information content (AvgIpc) is 2.49. The van der Waals surface area contributed by atoms with E-state index >= 15 is 0 Å². The molecule has 4 heteroatoms. The molecule has 0 spiro atoms. The largest absolute Gasteiger partial charge is 0.465 e. The fourth-order valence-electron chi connectivity index (χ4n) is 1.95. The van der Waals surface area contributed by atoms with Crippen molar-refractivity contribution in [3.63, 3.8) is 0 Å². The van der Waals surface area contributed by atoms with E-state index in [1.807, 2.05) is 26.0 Å². The Morgan fingerprint density at radius 1 is 0.952 bits per heavy atom. The van der Waals surface area contributed by atoms with Gasteiger partial charge < -0.3 is 10.1 Å². The van der Waals surface area contributed by atoms with Crippen molar-refractivity contribution in [1.82, 2.24) is 0 Å². The van der Waals surface area contributed by atoms with Gasteiger partial charge in [-0.05, 0) is 49.7 Å². The van der Waals surface area contributed by atoms with Crippen LogP contribution >= 0.6 is 0 Å². The highest BCUT2D eigenvalue weighted by Crippen LogP contribution is 2.18. The summed E-state index contributed by atoms with van der Waals surface area (Å²) in [6.07, 6.45) is 0. The molecule has 0 aliphatic rings. The van der Waals surface area contributed by atoms with E-state index in [2.05, 4.69) is 10.1 Å². The van der Waals surface area contributed by atoms with Crippen molar-refractivity contribution < 1.29 is 14.3 Å². The van der Waals surface area contributed by atoms with Crippen molar-refractivity contribution in [3.05, 3.63) is 64.7 Å². The van der Waals surface area contributed by atoms with Crippen molar-refractivity contribution in [2.75, 3.05) is 12.4 Å². The van der Waals surface area contributed by atoms with Crippen LogP contribution in [0.5, 0.6) is 0 Å². The molecular formula is C17H17NO3. The van der Waals surface area contributed by atoms with Gasteiger partial charge >= 0.3 is 5.97 Å². The van der Waals surface area contributed by atoms with E-state index in [1.54, 1.807) is 30.3 Å². The normalized spacial score (nSPS) is 10.0. The number of benzene rings is 2. The van der Waals surface area contributed by atoms with E-state index in [1.165, 1.54) is 7.11 Å². The van der Waals surface area contributed by atoms with Crippen LogP contribution in [0.3, 0.4) is 0 Å². The van der Waals surface area contributed by atoms with E-state index in [9.17, 15) is 9.59 Å². The van der Waals surface area contributed by atoms with Crippen LogP contribution in [0.4, 0.5) is 5.69 Å². The Bertz CT molecular complexity index is 675. The van der Waals surface area contributed by atoms with E-state index in [0.29, 0.717) is 16.8 Å². The Hall–Kier alpha value is -2.62. The van der Waals surface area contributed by atoms with Gasteiger partial charge in [-0.15, -0.1) is 0 Å². The summed E-state index contributed by atoms with van der Waals surface area (Å²) in [6.45, 7) is 3.80. The maximum atomic E-state index is 12.1. The lowest BCUT2D eigenvalue weighted by Gasteiger charge is -2.10. The highest BCUT2D eigenvalue weighted by Gasteiger charge is 2.10. The number of carbonyl (C=O) groups is 2. The first-order valence-electron chi connectivity index (χ1n) is 6.58. The van der Waals surface area contributed by atoms with Crippen molar-refractivity contribution in [2.45, 2.75) is 13.8 Å². The van der Waals surface area contributed by atoms with Gasteiger partial charge in [0.15, 0.2) is 0 Å². The molecular weight excluding hydrogens is 266 g/mol. The summed E-state index contributed by atoms with van der Waals surface area (Å²) in [5.41, 5.74) is 3.64. The zero-order valence-corrected chi connectivity index (χ0v) is 12.3. The van der Waals surface area contributed by atoms with Crippen LogP contribution in [0, 0.1) is 13.8 Å². The van der Waals surface area contributed by atoms with Crippen LogP contribution in [0.2, 0.25) is 0 Å². The van der Waals surface area contributed by atoms with Gasteiger partial charge in [0.05, 0.1) is 12.7 Å². The SMILES string of the molecule is COC(=O)c1ccc(NC(=O)c2ccc(C)cc2)c(C)c1. The smallest absolute Gasteiger partial charge is 0.337 e. The molecule has 0 aromatic heterocycles. The number of esters is 1. The van der Waals surface area contributed by atoms with Gasteiger partial charge in [0.1, 0.15) is 0 Å². The summed E-state index contributed by atoms with van der Waals surface area (Å²) in [7, 11) is 1.34. The van der Waals surface area contributed by atoms with E-state index in [0.717, 1.165) is 11.1 Å². The van der Waals surface area contributed by atoms with Gasteiger partial charge in [-0.2, -0.15) is 0 Å². The van der Waals surface area contributed by atoms with Crippen LogP contribution in [-0.2, 0) is 4.74 Å². The highest BCUT2D eigenvalue weighted by atomic mass is 16.5. The Kier molecular flexibility index (Phi) is 4.38. The summed E-state index contributed by atoms with van der Waals surface area (Å²) in [5.74, 6) is -0.571. The first-order valence-corrected chi connectivity index (χ1v) is 6.58. The van der Waals surface area contributed by atoms with E-state index < -0.39 is 5.97 Å². The van der Waals surface area contributed by atoms with Gasteiger partial charge in [-0.3, -0.25) is 4.79 Å². The quantitative estimate of drug-likeness (QED) is 0.879. The lowest BCUT2D eigenvalue weighted by Crippen LogP contribution is -2.13. The molecule has 0 aliphatic carbocycles. The van der Waals surface area contributed by atoms with Gasteiger partial charge in [-0.1, -0.05) is 17.7 Å². The minimum absolute atomic E-state index is 0.177. The molecule has 0 atom stereocenters. The molecule has 0 saturated heterocycles. The Morgan fingerprint density at radius 3 is 2.14 bits per heavy atom. The molecule has 1 amide bonds. The number of nitrogens with one attached hydrogen (secondary N) is 1. The summed E-state index contributed by atoms with van der Waals surface area (Å²) in [4.78, 5) is 23.6. The maximum Gasteiger partial charge on any atom is 0.337 e. The molecule has 2 rings (SSSR count). The van der Waals surface area contributed by atoms with E-state index in [-0.39, 0.29) is 5.91 Å². The number of hydrogen-bond donors (Lipinski definition) is 1. The molecule has 2 aromatic rings. The number of ether oxygens (including phenoxy) is 1.